The van der Waals surface area contributed by atoms with Gasteiger partial charge in [0.25, 0.3) is 11.8 Å². The van der Waals surface area contributed by atoms with Crippen molar-refractivity contribution in [1.82, 2.24) is 10.2 Å². The molecule has 4 N–H and O–H groups in total. The molecule has 0 radical (unpaired) electrons. The van der Waals surface area contributed by atoms with Gasteiger partial charge in [-0.25, -0.2) is 8.78 Å². The van der Waals surface area contributed by atoms with E-state index < -0.39 is 23.0 Å². The number of halogens is 2. The quantitative estimate of drug-likeness (QED) is 0.116. The van der Waals surface area contributed by atoms with Crippen LogP contribution in [0.3, 0.4) is 0 Å². The molecule has 2 aromatic rings. The fraction of sp³-hybridized carbons (Fsp3) is 0.500. The van der Waals surface area contributed by atoms with Crippen LogP contribution in [0.15, 0.2) is 51.7 Å². The third-order valence-corrected chi connectivity index (χ3v) is 9.13. The van der Waals surface area contributed by atoms with Gasteiger partial charge >= 0.3 is 0 Å². The molecule has 2 aliphatic carbocycles. The van der Waals surface area contributed by atoms with Crippen LogP contribution in [0.4, 0.5) is 8.78 Å². The number of nitrogens with two attached hydrogens (primary N) is 1. The smallest absolute Gasteiger partial charge is 0.275 e. The summed E-state index contributed by atoms with van der Waals surface area (Å²) in [6.45, 7) is 6.54. The maximum absolute atomic E-state index is 14.8. The van der Waals surface area contributed by atoms with E-state index in [0.29, 0.717) is 24.3 Å². The second-order valence-electron chi connectivity index (χ2n) is 13.0. The lowest BCUT2D eigenvalue weighted by Gasteiger charge is -2.47. The number of aliphatic imine (C=N–C) groups is 1. The number of methoxy groups -OCH3 is 1. The predicted molar refractivity (Wildman–Crippen MR) is 161 cm³/mol. The first-order valence-corrected chi connectivity index (χ1v) is 14.9. The van der Waals surface area contributed by atoms with E-state index in [1.807, 2.05) is 17.0 Å². The SMILES string of the molecule is COc1c(F)cc(C2=NC3(CCC(C(C)(C)C)CC3)N(C(c3ccc(C(=O)NCC(=N)/N=N\N)cc3)C3CC3)C2=O)cc1F. The number of nitrogens with one attached hydrogen (secondary N) is 2. The Morgan fingerprint density at radius 2 is 1.77 bits per heavy atom. The van der Waals surface area contributed by atoms with Crippen molar-refractivity contribution in [3.8, 4) is 5.75 Å². The van der Waals surface area contributed by atoms with Gasteiger partial charge in [-0.05, 0) is 85.6 Å². The highest BCUT2D eigenvalue weighted by atomic mass is 19.1. The zero-order chi connectivity index (χ0) is 31.8. The maximum atomic E-state index is 14.8. The summed E-state index contributed by atoms with van der Waals surface area (Å²) in [5.74, 6) is 2.39. The monoisotopic (exact) mass is 607 g/mol. The average molecular weight is 608 g/mol. The van der Waals surface area contributed by atoms with E-state index >= 15 is 0 Å². The van der Waals surface area contributed by atoms with Crippen LogP contribution in [-0.2, 0) is 4.79 Å². The number of carbonyl (C=O) groups is 2. The largest absolute Gasteiger partial charge is 0.491 e. The van der Waals surface area contributed by atoms with Gasteiger partial charge in [0.05, 0.1) is 19.7 Å². The van der Waals surface area contributed by atoms with Crippen molar-refractivity contribution in [3.63, 3.8) is 0 Å². The number of hydrogen-bond donors (Lipinski definition) is 3. The molecule has 3 aliphatic rings. The van der Waals surface area contributed by atoms with Crippen molar-refractivity contribution < 1.29 is 23.1 Å². The molecule has 1 unspecified atom stereocenters. The Labute approximate surface area is 255 Å². The highest BCUT2D eigenvalue weighted by Crippen LogP contribution is 2.54. The Hall–Kier alpha value is -4.22. The minimum Gasteiger partial charge on any atom is -0.491 e. The van der Waals surface area contributed by atoms with E-state index in [1.54, 1.807) is 12.1 Å². The van der Waals surface area contributed by atoms with Crippen molar-refractivity contribution >= 4 is 23.4 Å². The van der Waals surface area contributed by atoms with Crippen LogP contribution in [0.2, 0.25) is 0 Å². The maximum Gasteiger partial charge on any atom is 0.275 e. The van der Waals surface area contributed by atoms with Crippen molar-refractivity contribution in [1.29, 1.82) is 5.41 Å². The van der Waals surface area contributed by atoms with E-state index in [0.717, 1.165) is 43.4 Å². The van der Waals surface area contributed by atoms with Crippen molar-refractivity contribution in [3.05, 3.63) is 64.7 Å². The molecular formula is C32H39F2N7O3. The van der Waals surface area contributed by atoms with E-state index in [-0.39, 0.29) is 52.8 Å². The van der Waals surface area contributed by atoms with Crippen LogP contribution < -0.4 is 15.9 Å². The van der Waals surface area contributed by atoms with Crippen LogP contribution in [-0.4, -0.2) is 47.6 Å². The Kier molecular flexibility index (Phi) is 8.55. The van der Waals surface area contributed by atoms with Crippen LogP contribution in [0.25, 0.3) is 0 Å². The summed E-state index contributed by atoms with van der Waals surface area (Å²) in [4.78, 5) is 33.9. The molecular weight excluding hydrogens is 568 g/mol. The second kappa shape index (κ2) is 12.0. The number of ether oxygens (including phenoxy) is 1. The van der Waals surface area contributed by atoms with Crippen LogP contribution >= 0.6 is 0 Å². The van der Waals surface area contributed by atoms with Gasteiger partial charge in [0.1, 0.15) is 11.4 Å². The van der Waals surface area contributed by atoms with Gasteiger partial charge in [-0.1, -0.05) is 38.1 Å². The minimum absolute atomic E-state index is 0.0541. The molecule has 0 aromatic heterocycles. The number of amides is 2. The summed E-state index contributed by atoms with van der Waals surface area (Å²) >= 11 is 0. The lowest BCUT2D eigenvalue weighted by Crippen LogP contribution is -2.52. The number of rotatable bonds is 8. The first-order chi connectivity index (χ1) is 20.9. The summed E-state index contributed by atoms with van der Waals surface area (Å²) in [6, 6.07) is 8.97. The molecule has 0 saturated heterocycles. The third-order valence-electron chi connectivity index (χ3n) is 9.13. The minimum atomic E-state index is -0.893. The van der Waals surface area contributed by atoms with Gasteiger partial charge in [-0.3, -0.25) is 20.0 Å². The Balaban J connectivity index is 1.49. The molecule has 1 aliphatic heterocycles. The van der Waals surface area contributed by atoms with Crippen LogP contribution in [0.1, 0.15) is 86.8 Å². The third kappa shape index (κ3) is 6.07. The molecule has 2 fully saturated rings. The zero-order valence-corrected chi connectivity index (χ0v) is 25.5. The molecule has 10 nitrogen and oxygen atoms in total. The Morgan fingerprint density at radius 1 is 1.16 bits per heavy atom. The molecule has 2 aromatic carbocycles. The Bertz CT molecular complexity index is 1480. The van der Waals surface area contributed by atoms with Crippen molar-refractivity contribution in [2.75, 3.05) is 13.7 Å². The summed E-state index contributed by atoms with van der Waals surface area (Å²) in [5, 5.41) is 16.7. The fourth-order valence-electron chi connectivity index (χ4n) is 6.62. The molecule has 2 saturated carbocycles. The van der Waals surface area contributed by atoms with Gasteiger partial charge in [-0.15, -0.1) is 5.11 Å². The summed E-state index contributed by atoms with van der Waals surface area (Å²) in [6.07, 6.45) is 4.87. The van der Waals surface area contributed by atoms with E-state index in [4.69, 9.17) is 21.0 Å². The zero-order valence-electron chi connectivity index (χ0n) is 25.5. The molecule has 1 spiro atoms. The van der Waals surface area contributed by atoms with Gasteiger partial charge < -0.3 is 20.8 Å². The Morgan fingerprint density at radius 3 is 2.30 bits per heavy atom. The van der Waals surface area contributed by atoms with Gasteiger partial charge in [0.15, 0.2) is 23.2 Å². The molecule has 44 heavy (non-hydrogen) atoms. The lowest BCUT2D eigenvalue weighted by molar-refractivity contribution is -0.134. The highest BCUT2D eigenvalue weighted by Gasteiger charge is 2.55. The van der Waals surface area contributed by atoms with Crippen molar-refractivity contribution in [2.24, 2.45) is 38.4 Å². The molecule has 2 amide bonds. The van der Waals surface area contributed by atoms with E-state index in [2.05, 4.69) is 36.4 Å². The number of carbonyl (C=O) groups excluding carboxylic acids is 2. The fourth-order valence-corrected chi connectivity index (χ4v) is 6.62. The normalized spacial score (nSPS) is 22.8. The number of amidine groups is 1. The van der Waals surface area contributed by atoms with Crippen molar-refractivity contribution in [2.45, 2.75) is 71.0 Å². The number of benzene rings is 2. The topological polar surface area (TPSA) is 146 Å². The molecule has 5 rings (SSSR count). The first kappa shape index (κ1) is 31.2. The van der Waals surface area contributed by atoms with Crippen LogP contribution in [0, 0.1) is 34.3 Å². The van der Waals surface area contributed by atoms with E-state index in [9.17, 15) is 18.4 Å². The van der Waals surface area contributed by atoms with E-state index in [1.165, 1.54) is 7.11 Å². The molecule has 1 heterocycles. The molecule has 1 atom stereocenters. The highest BCUT2D eigenvalue weighted by molar-refractivity contribution is 6.46. The van der Waals surface area contributed by atoms with Gasteiger partial charge in [0.2, 0.25) is 0 Å². The molecule has 12 heteroatoms. The number of hydrogen-bond acceptors (Lipinski definition) is 6. The average Bonchev–Trinajstić information content (AvgIpc) is 3.78. The van der Waals surface area contributed by atoms with Gasteiger partial charge in [-0.2, -0.15) is 0 Å². The molecule has 234 valence electrons. The number of nitrogens with zero attached hydrogens (tertiary/aromatic N) is 4. The summed E-state index contributed by atoms with van der Waals surface area (Å²) < 4.78 is 34.5. The molecule has 0 bridgehead atoms. The summed E-state index contributed by atoms with van der Waals surface area (Å²) in [5.41, 5.74) is 0.646. The van der Waals surface area contributed by atoms with Crippen LogP contribution in [0.5, 0.6) is 5.75 Å². The lowest BCUT2D eigenvalue weighted by atomic mass is 9.69. The second-order valence-corrected chi connectivity index (χ2v) is 13.0. The summed E-state index contributed by atoms with van der Waals surface area (Å²) in [7, 11) is 1.19. The predicted octanol–water partition coefficient (Wildman–Crippen LogP) is 5.72. The standard InChI is InChI=1S/C32H39F2N7O3/c1-31(2,3)22-11-13-32(14-12-22)38-26(21-15-23(33)28(44-4)24(34)16-21)30(43)41(32)27(18-5-6-18)19-7-9-20(10-8-19)29(42)37-17-25(35)39-40-36/h7-10,15-16,18,22,27H,5-6,11-14,17H2,1-4H3,(H,37,42)(H3,35,36,39). The first-order valence-electron chi connectivity index (χ1n) is 14.9. The van der Waals surface area contributed by atoms with Gasteiger partial charge in [0, 0.05) is 11.1 Å².